The van der Waals surface area contributed by atoms with Gasteiger partial charge >= 0.3 is 0 Å². The molecule has 0 saturated heterocycles. The van der Waals surface area contributed by atoms with Gasteiger partial charge in [-0.2, -0.15) is 0 Å². The van der Waals surface area contributed by atoms with Crippen LogP contribution in [0.15, 0.2) is 42.5 Å². The topological polar surface area (TPSA) is 29.5 Å². The molecule has 0 saturated carbocycles. The number of hydrogen-bond donors (Lipinski definition) is 1. The molecule has 2 aromatic carbocycles. The molecule has 0 amide bonds. The zero-order valence-corrected chi connectivity index (χ0v) is 10.9. The Morgan fingerprint density at radius 1 is 1.06 bits per heavy atom. The number of benzene rings is 2. The average molecular weight is 263 g/mol. The summed E-state index contributed by atoms with van der Waals surface area (Å²) in [5, 5.41) is 9.78. The molecule has 94 valence electrons. The molecule has 0 aliphatic heterocycles. The smallest absolute Gasteiger partial charge is 0.143 e. The number of aliphatic hydroxyl groups excluding tert-OH is 1. The highest BCUT2D eigenvalue weighted by Gasteiger charge is 2.08. The molecule has 18 heavy (non-hydrogen) atoms. The van der Waals surface area contributed by atoms with Crippen LogP contribution in [0.3, 0.4) is 0 Å². The first-order valence-corrected chi connectivity index (χ1v) is 6.15. The SMILES string of the molecule is Cc1ccccc1COc1c(Cl)cccc1CO. The Hall–Kier alpha value is -1.51. The van der Waals surface area contributed by atoms with E-state index in [0.29, 0.717) is 22.9 Å². The molecule has 0 heterocycles. The van der Waals surface area contributed by atoms with Gasteiger partial charge in [0, 0.05) is 5.56 Å². The van der Waals surface area contributed by atoms with Gasteiger partial charge in [-0.1, -0.05) is 48.0 Å². The maximum Gasteiger partial charge on any atom is 0.143 e. The first-order valence-electron chi connectivity index (χ1n) is 5.78. The average Bonchev–Trinajstić information content (AvgIpc) is 2.39. The summed E-state index contributed by atoms with van der Waals surface area (Å²) in [6.45, 7) is 2.41. The number of rotatable bonds is 4. The van der Waals surface area contributed by atoms with Gasteiger partial charge in [-0.15, -0.1) is 0 Å². The Bertz CT molecular complexity index is 538. The van der Waals surface area contributed by atoms with Crippen LogP contribution in [-0.2, 0) is 13.2 Å². The maximum atomic E-state index is 9.26. The molecule has 3 heteroatoms. The highest BCUT2D eigenvalue weighted by molar-refractivity contribution is 6.32. The second kappa shape index (κ2) is 5.89. The van der Waals surface area contributed by atoms with Gasteiger partial charge in [-0.05, 0) is 24.1 Å². The summed E-state index contributed by atoms with van der Waals surface area (Å²) in [6.07, 6.45) is 0. The Balaban J connectivity index is 2.18. The largest absolute Gasteiger partial charge is 0.487 e. The molecule has 0 aliphatic carbocycles. The van der Waals surface area contributed by atoms with Crippen LogP contribution >= 0.6 is 11.6 Å². The molecule has 0 radical (unpaired) electrons. The van der Waals surface area contributed by atoms with E-state index in [9.17, 15) is 5.11 Å². The molecule has 2 rings (SSSR count). The van der Waals surface area contributed by atoms with E-state index in [4.69, 9.17) is 16.3 Å². The van der Waals surface area contributed by atoms with Gasteiger partial charge in [0.15, 0.2) is 0 Å². The summed E-state index contributed by atoms with van der Waals surface area (Å²) >= 11 is 6.08. The number of halogens is 1. The number of ether oxygens (including phenoxy) is 1. The van der Waals surface area contributed by atoms with Crippen LogP contribution in [0.1, 0.15) is 16.7 Å². The van der Waals surface area contributed by atoms with Crippen molar-refractivity contribution in [2.24, 2.45) is 0 Å². The van der Waals surface area contributed by atoms with E-state index < -0.39 is 0 Å². The lowest BCUT2D eigenvalue weighted by Crippen LogP contribution is -2.01. The summed E-state index contributed by atoms with van der Waals surface area (Å²) in [6, 6.07) is 13.4. The van der Waals surface area contributed by atoms with E-state index in [0.717, 1.165) is 5.56 Å². The summed E-state index contributed by atoms with van der Waals surface area (Å²) in [5.41, 5.74) is 2.99. The van der Waals surface area contributed by atoms with E-state index in [-0.39, 0.29) is 6.61 Å². The summed E-state index contributed by atoms with van der Waals surface area (Å²) in [5.74, 6) is 0.560. The molecule has 0 bridgehead atoms. The molecule has 0 fully saturated rings. The molecular formula is C15H15ClO2. The maximum absolute atomic E-state index is 9.26. The molecule has 1 N–H and O–H groups in total. The van der Waals surface area contributed by atoms with Crippen molar-refractivity contribution in [3.8, 4) is 5.75 Å². The molecule has 2 nitrogen and oxygen atoms in total. The Labute approximate surface area is 112 Å². The first kappa shape index (κ1) is 12.9. The second-order valence-electron chi connectivity index (χ2n) is 4.10. The van der Waals surface area contributed by atoms with Crippen molar-refractivity contribution in [3.63, 3.8) is 0 Å². The fourth-order valence-electron chi connectivity index (χ4n) is 1.76. The van der Waals surface area contributed by atoms with Crippen molar-refractivity contribution in [1.82, 2.24) is 0 Å². The number of aliphatic hydroxyl groups is 1. The number of para-hydroxylation sites is 1. The lowest BCUT2D eigenvalue weighted by molar-refractivity contribution is 0.259. The van der Waals surface area contributed by atoms with E-state index >= 15 is 0 Å². The van der Waals surface area contributed by atoms with Crippen LogP contribution in [-0.4, -0.2) is 5.11 Å². The summed E-state index contributed by atoms with van der Waals surface area (Å²) in [4.78, 5) is 0. The molecule has 0 atom stereocenters. The molecule has 2 aromatic rings. The fraction of sp³-hybridized carbons (Fsp3) is 0.200. The minimum Gasteiger partial charge on any atom is -0.487 e. The van der Waals surface area contributed by atoms with Gasteiger partial charge in [0.05, 0.1) is 11.6 Å². The lowest BCUT2D eigenvalue weighted by atomic mass is 10.1. The van der Waals surface area contributed by atoms with Crippen LogP contribution in [0.5, 0.6) is 5.75 Å². The van der Waals surface area contributed by atoms with Gasteiger partial charge in [0.25, 0.3) is 0 Å². The first-order chi connectivity index (χ1) is 8.72. The van der Waals surface area contributed by atoms with E-state index in [1.54, 1.807) is 18.2 Å². The van der Waals surface area contributed by atoms with Crippen molar-refractivity contribution >= 4 is 11.6 Å². The van der Waals surface area contributed by atoms with Gasteiger partial charge < -0.3 is 9.84 Å². The van der Waals surface area contributed by atoms with Crippen LogP contribution < -0.4 is 4.74 Å². The Morgan fingerprint density at radius 2 is 1.78 bits per heavy atom. The monoisotopic (exact) mass is 262 g/mol. The minimum absolute atomic E-state index is 0.0797. The zero-order valence-electron chi connectivity index (χ0n) is 10.2. The summed E-state index contributed by atoms with van der Waals surface area (Å²) in [7, 11) is 0. The van der Waals surface area contributed by atoms with Crippen molar-refractivity contribution in [1.29, 1.82) is 0 Å². The predicted octanol–water partition coefficient (Wildman–Crippen LogP) is 3.72. The van der Waals surface area contributed by atoms with E-state index in [1.165, 1.54) is 5.56 Å². The molecule has 0 aromatic heterocycles. The van der Waals surface area contributed by atoms with Gasteiger partial charge in [-0.3, -0.25) is 0 Å². The van der Waals surface area contributed by atoms with Crippen molar-refractivity contribution in [3.05, 3.63) is 64.2 Å². The molecule has 0 spiro atoms. The van der Waals surface area contributed by atoms with Gasteiger partial charge in [-0.25, -0.2) is 0 Å². The van der Waals surface area contributed by atoms with Crippen LogP contribution in [0.25, 0.3) is 0 Å². The van der Waals surface area contributed by atoms with Gasteiger partial charge in [0.2, 0.25) is 0 Å². The van der Waals surface area contributed by atoms with Crippen molar-refractivity contribution in [2.45, 2.75) is 20.1 Å². The third-order valence-corrected chi connectivity index (χ3v) is 3.15. The third-order valence-electron chi connectivity index (χ3n) is 2.85. The van der Waals surface area contributed by atoms with E-state index in [1.807, 2.05) is 31.2 Å². The standard InChI is InChI=1S/C15H15ClO2/c1-11-5-2-3-6-13(11)10-18-15-12(9-17)7-4-8-14(15)16/h2-8,17H,9-10H2,1H3. The van der Waals surface area contributed by atoms with Crippen molar-refractivity contribution < 1.29 is 9.84 Å². The molecule has 0 unspecified atom stereocenters. The number of hydrogen-bond acceptors (Lipinski definition) is 2. The van der Waals surface area contributed by atoms with Crippen LogP contribution in [0.2, 0.25) is 5.02 Å². The van der Waals surface area contributed by atoms with Crippen LogP contribution in [0, 0.1) is 6.92 Å². The van der Waals surface area contributed by atoms with Gasteiger partial charge in [0.1, 0.15) is 12.4 Å². The quantitative estimate of drug-likeness (QED) is 0.910. The summed E-state index contributed by atoms with van der Waals surface area (Å²) < 4.78 is 5.73. The normalized spacial score (nSPS) is 10.4. The lowest BCUT2D eigenvalue weighted by Gasteiger charge is -2.13. The highest BCUT2D eigenvalue weighted by atomic mass is 35.5. The third kappa shape index (κ3) is 2.84. The zero-order chi connectivity index (χ0) is 13.0. The highest BCUT2D eigenvalue weighted by Crippen LogP contribution is 2.29. The van der Waals surface area contributed by atoms with Crippen LogP contribution in [0.4, 0.5) is 0 Å². The fourth-order valence-corrected chi connectivity index (χ4v) is 2.01. The van der Waals surface area contributed by atoms with Crippen molar-refractivity contribution in [2.75, 3.05) is 0 Å². The molecule has 0 aliphatic rings. The number of aryl methyl sites for hydroxylation is 1. The van der Waals surface area contributed by atoms with E-state index in [2.05, 4.69) is 0 Å². The molecular weight excluding hydrogens is 248 g/mol. The Kier molecular flexibility index (Phi) is 4.24. The minimum atomic E-state index is -0.0797. The predicted molar refractivity (Wildman–Crippen MR) is 72.9 cm³/mol. The second-order valence-corrected chi connectivity index (χ2v) is 4.51. The Morgan fingerprint density at radius 3 is 2.50 bits per heavy atom.